The summed E-state index contributed by atoms with van der Waals surface area (Å²) >= 11 is 0. The second kappa shape index (κ2) is 11.8. The van der Waals surface area contributed by atoms with Crippen LogP contribution in [0, 0.1) is 17.8 Å². The number of hydrogen-bond acceptors (Lipinski definition) is 3. The van der Waals surface area contributed by atoms with Crippen LogP contribution in [0.3, 0.4) is 0 Å². The SMILES string of the molecule is CCNC(=NCC(C)CN1CCN(C)CC1)NCCC1CCCC(C)C1. The zero-order chi connectivity index (χ0) is 18.8. The molecular formula is C21H43N5. The number of nitrogens with zero attached hydrogens (tertiary/aromatic N) is 3. The summed E-state index contributed by atoms with van der Waals surface area (Å²) < 4.78 is 0. The lowest BCUT2D eigenvalue weighted by Crippen LogP contribution is -2.46. The van der Waals surface area contributed by atoms with Gasteiger partial charge in [-0.05, 0) is 44.6 Å². The van der Waals surface area contributed by atoms with Crippen LogP contribution in [0.2, 0.25) is 0 Å². The van der Waals surface area contributed by atoms with Crippen molar-refractivity contribution in [3.8, 4) is 0 Å². The van der Waals surface area contributed by atoms with Gasteiger partial charge in [-0.1, -0.05) is 33.1 Å². The highest BCUT2D eigenvalue weighted by atomic mass is 15.2. The average Bonchev–Trinajstić information content (AvgIpc) is 2.62. The lowest BCUT2D eigenvalue weighted by Gasteiger charge is -2.33. The van der Waals surface area contributed by atoms with Crippen molar-refractivity contribution in [1.82, 2.24) is 20.4 Å². The Bertz CT molecular complexity index is 403. The van der Waals surface area contributed by atoms with Crippen LogP contribution in [0.5, 0.6) is 0 Å². The Balaban J connectivity index is 1.67. The summed E-state index contributed by atoms with van der Waals surface area (Å²) in [6.07, 6.45) is 6.97. The van der Waals surface area contributed by atoms with Crippen LogP contribution in [0.1, 0.15) is 52.9 Å². The molecule has 1 aliphatic carbocycles. The maximum atomic E-state index is 4.85. The summed E-state index contributed by atoms with van der Waals surface area (Å²) in [5.74, 6) is 3.44. The van der Waals surface area contributed by atoms with E-state index < -0.39 is 0 Å². The van der Waals surface area contributed by atoms with Crippen LogP contribution < -0.4 is 10.6 Å². The van der Waals surface area contributed by atoms with E-state index in [1.54, 1.807) is 0 Å². The number of likely N-dealkylation sites (N-methyl/N-ethyl adjacent to an activating group) is 1. The van der Waals surface area contributed by atoms with Gasteiger partial charge in [-0.25, -0.2) is 0 Å². The average molecular weight is 366 g/mol. The fraction of sp³-hybridized carbons (Fsp3) is 0.952. The Morgan fingerprint density at radius 1 is 1.15 bits per heavy atom. The zero-order valence-electron chi connectivity index (χ0n) is 17.8. The molecule has 0 aromatic carbocycles. The molecule has 1 aliphatic heterocycles. The van der Waals surface area contributed by atoms with Crippen molar-refractivity contribution in [2.45, 2.75) is 52.9 Å². The van der Waals surface area contributed by atoms with E-state index in [0.29, 0.717) is 5.92 Å². The van der Waals surface area contributed by atoms with Gasteiger partial charge in [0, 0.05) is 52.4 Å². The van der Waals surface area contributed by atoms with Crippen LogP contribution in [-0.4, -0.2) is 75.2 Å². The van der Waals surface area contributed by atoms with Crippen molar-refractivity contribution in [3.05, 3.63) is 0 Å². The maximum Gasteiger partial charge on any atom is 0.191 e. The van der Waals surface area contributed by atoms with Crippen molar-refractivity contribution in [1.29, 1.82) is 0 Å². The molecule has 0 amide bonds. The second-order valence-electron chi connectivity index (χ2n) is 8.78. The van der Waals surface area contributed by atoms with Gasteiger partial charge in [-0.15, -0.1) is 0 Å². The van der Waals surface area contributed by atoms with Crippen LogP contribution in [0.4, 0.5) is 0 Å². The van der Waals surface area contributed by atoms with E-state index in [0.717, 1.165) is 44.0 Å². The Hall–Kier alpha value is -0.810. The second-order valence-corrected chi connectivity index (χ2v) is 8.78. The highest BCUT2D eigenvalue weighted by Gasteiger charge is 2.18. The van der Waals surface area contributed by atoms with Crippen LogP contribution in [-0.2, 0) is 0 Å². The van der Waals surface area contributed by atoms with E-state index in [1.165, 1.54) is 58.3 Å². The minimum absolute atomic E-state index is 0.605. The maximum absolute atomic E-state index is 4.85. The van der Waals surface area contributed by atoms with E-state index in [-0.39, 0.29) is 0 Å². The molecular weight excluding hydrogens is 322 g/mol. The number of hydrogen-bond donors (Lipinski definition) is 2. The molecule has 0 radical (unpaired) electrons. The first-order valence-corrected chi connectivity index (χ1v) is 11.0. The van der Waals surface area contributed by atoms with Crippen molar-refractivity contribution in [2.75, 3.05) is 59.4 Å². The normalized spacial score (nSPS) is 27.3. The first-order valence-electron chi connectivity index (χ1n) is 11.0. The Morgan fingerprint density at radius 3 is 2.62 bits per heavy atom. The monoisotopic (exact) mass is 365 g/mol. The summed E-state index contributed by atoms with van der Waals surface area (Å²) in [5.41, 5.74) is 0. The highest BCUT2D eigenvalue weighted by Crippen LogP contribution is 2.30. The zero-order valence-corrected chi connectivity index (χ0v) is 17.8. The molecule has 0 aromatic heterocycles. The summed E-state index contributed by atoms with van der Waals surface area (Å²) in [4.78, 5) is 9.85. The Labute approximate surface area is 162 Å². The van der Waals surface area contributed by atoms with Gasteiger partial charge in [-0.3, -0.25) is 4.99 Å². The molecule has 0 spiro atoms. The van der Waals surface area contributed by atoms with Crippen LogP contribution >= 0.6 is 0 Å². The molecule has 0 bridgehead atoms. The first kappa shape index (κ1) is 21.5. The Morgan fingerprint density at radius 2 is 1.92 bits per heavy atom. The van der Waals surface area contributed by atoms with E-state index in [4.69, 9.17) is 4.99 Å². The summed E-state index contributed by atoms with van der Waals surface area (Å²) in [5, 5.41) is 6.98. The molecule has 5 heteroatoms. The predicted molar refractivity (Wildman–Crippen MR) is 113 cm³/mol. The lowest BCUT2D eigenvalue weighted by atomic mass is 9.81. The third-order valence-corrected chi connectivity index (χ3v) is 5.96. The third-order valence-electron chi connectivity index (χ3n) is 5.96. The predicted octanol–water partition coefficient (Wildman–Crippen LogP) is 2.64. The number of guanidine groups is 1. The summed E-state index contributed by atoms with van der Waals surface area (Å²) in [7, 11) is 2.22. The van der Waals surface area contributed by atoms with E-state index in [2.05, 4.69) is 48.3 Å². The standard InChI is InChI=1S/C21H43N5/c1-5-22-21(23-10-9-20-8-6-7-18(2)15-20)24-16-19(3)17-26-13-11-25(4)12-14-26/h18-20H,5-17H2,1-4H3,(H2,22,23,24). The van der Waals surface area contributed by atoms with Crippen molar-refractivity contribution in [3.63, 3.8) is 0 Å². The van der Waals surface area contributed by atoms with Gasteiger partial charge < -0.3 is 20.4 Å². The molecule has 0 aromatic rings. The number of rotatable bonds is 8. The fourth-order valence-corrected chi connectivity index (χ4v) is 4.33. The van der Waals surface area contributed by atoms with Crippen LogP contribution in [0.15, 0.2) is 4.99 Å². The smallest absolute Gasteiger partial charge is 0.191 e. The number of piperazine rings is 1. The molecule has 152 valence electrons. The van der Waals surface area contributed by atoms with E-state index >= 15 is 0 Å². The molecule has 2 aliphatic rings. The van der Waals surface area contributed by atoms with Crippen molar-refractivity contribution < 1.29 is 0 Å². The lowest BCUT2D eigenvalue weighted by molar-refractivity contribution is 0.140. The van der Waals surface area contributed by atoms with Gasteiger partial charge in [0.1, 0.15) is 0 Å². The molecule has 2 fully saturated rings. The molecule has 3 unspecified atom stereocenters. The third kappa shape index (κ3) is 8.26. The number of nitrogens with one attached hydrogen (secondary N) is 2. The molecule has 2 rings (SSSR count). The first-order chi connectivity index (χ1) is 12.6. The molecule has 5 nitrogen and oxygen atoms in total. The molecule has 2 N–H and O–H groups in total. The molecule has 1 saturated heterocycles. The van der Waals surface area contributed by atoms with E-state index in [9.17, 15) is 0 Å². The largest absolute Gasteiger partial charge is 0.357 e. The van der Waals surface area contributed by atoms with Crippen molar-refractivity contribution >= 4 is 5.96 Å². The van der Waals surface area contributed by atoms with Crippen LogP contribution in [0.25, 0.3) is 0 Å². The highest BCUT2D eigenvalue weighted by molar-refractivity contribution is 5.79. The minimum atomic E-state index is 0.605. The molecule has 26 heavy (non-hydrogen) atoms. The number of aliphatic imine (C=N–C) groups is 1. The summed E-state index contributed by atoms with van der Waals surface area (Å²) in [6, 6.07) is 0. The quantitative estimate of drug-likeness (QED) is 0.513. The minimum Gasteiger partial charge on any atom is -0.357 e. The molecule has 3 atom stereocenters. The van der Waals surface area contributed by atoms with Gasteiger partial charge in [0.05, 0.1) is 0 Å². The van der Waals surface area contributed by atoms with Gasteiger partial charge in [-0.2, -0.15) is 0 Å². The molecule has 1 heterocycles. The summed E-state index contributed by atoms with van der Waals surface area (Å²) in [6.45, 7) is 15.7. The fourth-order valence-electron chi connectivity index (χ4n) is 4.33. The van der Waals surface area contributed by atoms with Gasteiger partial charge in [0.2, 0.25) is 0 Å². The Kier molecular flexibility index (Phi) is 9.76. The van der Waals surface area contributed by atoms with E-state index in [1.807, 2.05) is 0 Å². The van der Waals surface area contributed by atoms with Gasteiger partial charge in [0.25, 0.3) is 0 Å². The van der Waals surface area contributed by atoms with Gasteiger partial charge >= 0.3 is 0 Å². The van der Waals surface area contributed by atoms with Gasteiger partial charge in [0.15, 0.2) is 5.96 Å². The van der Waals surface area contributed by atoms with Crippen molar-refractivity contribution in [2.24, 2.45) is 22.7 Å². The molecule has 1 saturated carbocycles. The topological polar surface area (TPSA) is 42.9 Å².